The summed E-state index contributed by atoms with van der Waals surface area (Å²) in [5.41, 5.74) is 3.02. The predicted molar refractivity (Wildman–Crippen MR) is 103 cm³/mol. The molecule has 1 unspecified atom stereocenters. The van der Waals surface area contributed by atoms with Crippen LogP contribution in [-0.2, 0) is 4.74 Å². The molecule has 0 amide bonds. The zero-order chi connectivity index (χ0) is 19.8. The van der Waals surface area contributed by atoms with Gasteiger partial charge in [0.15, 0.2) is 11.6 Å². The molecule has 4 rings (SSSR count). The van der Waals surface area contributed by atoms with Crippen LogP contribution < -0.4 is 9.47 Å². The maximum absolute atomic E-state index is 14.9. The van der Waals surface area contributed by atoms with Crippen LogP contribution in [-0.4, -0.2) is 39.4 Å². The van der Waals surface area contributed by atoms with Gasteiger partial charge >= 0.3 is 0 Å². The van der Waals surface area contributed by atoms with E-state index >= 15 is 0 Å². The van der Waals surface area contributed by atoms with Gasteiger partial charge in [-0.2, -0.15) is 10.1 Å². The maximum atomic E-state index is 14.9. The molecule has 0 fully saturated rings. The minimum absolute atomic E-state index is 0.0464. The van der Waals surface area contributed by atoms with Gasteiger partial charge in [-0.3, -0.25) is 0 Å². The molecule has 1 atom stereocenters. The van der Waals surface area contributed by atoms with E-state index in [-0.39, 0.29) is 17.7 Å². The van der Waals surface area contributed by atoms with Crippen LogP contribution in [0.5, 0.6) is 17.4 Å². The maximum Gasteiger partial charge on any atom is 0.247 e. The van der Waals surface area contributed by atoms with Gasteiger partial charge in [-0.1, -0.05) is 0 Å². The third-order valence-corrected chi connectivity index (χ3v) is 4.67. The number of benzene rings is 1. The molecule has 1 N–H and O–H groups in total. The SMILES string of the molecule is COC(C)COc1cn2ncnc(Oc3ccc4[nH]c(C)cc4c3F)c2c1C. The van der Waals surface area contributed by atoms with Gasteiger partial charge in [0.25, 0.3) is 0 Å². The normalized spacial score (nSPS) is 12.6. The second kappa shape index (κ2) is 7.12. The molecule has 4 aromatic rings. The van der Waals surface area contributed by atoms with E-state index in [1.165, 1.54) is 6.33 Å². The highest BCUT2D eigenvalue weighted by Crippen LogP contribution is 2.34. The first kappa shape index (κ1) is 18.2. The van der Waals surface area contributed by atoms with Gasteiger partial charge in [0, 0.05) is 29.3 Å². The average molecular weight is 384 g/mol. The van der Waals surface area contributed by atoms with Gasteiger partial charge in [-0.25, -0.2) is 8.91 Å². The number of aromatic nitrogens is 4. The Morgan fingerprint density at radius 1 is 1.25 bits per heavy atom. The molecule has 28 heavy (non-hydrogen) atoms. The number of H-pyrrole nitrogens is 1. The molecular formula is C20H21FN4O3. The molecule has 3 aromatic heterocycles. The number of aryl methyl sites for hydroxylation is 2. The van der Waals surface area contributed by atoms with E-state index in [4.69, 9.17) is 14.2 Å². The smallest absolute Gasteiger partial charge is 0.247 e. The summed E-state index contributed by atoms with van der Waals surface area (Å²) in [5, 5.41) is 4.68. The van der Waals surface area contributed by atoms with Crippen LogP contribution in [0.4, 0.5) is 4.39 Å². The Balaban J connectivity index is 1.71. The summed E-state index contributed by atoms with van der Waals surface area (Å²) in [6.07, 6.45) is 3.06. The molecule has 0 aliphatic heterocycles. The molecule has 7 nitrogen and oxygen atoms in total. The summed E-state index contributed by atoms with van der Waals surface area (Å²) in [6.45, 7) is 6.08. The number of methoxy groups -OCH3 is 1. The summed E-state index contributed by atoms with van der Waals surface area (Å²) < 4.78 is 33.4. The fraction of sp³-hybridized carbons (Fsp3) is 0.300. The average Bonchev–Trinajstić information content (AvgIpc) is 3.22. The van der Waals surface area contributed by atoms with E-state index in [0.29, 0.717) is 23.3 Å². The number of halogens is 1. The summed E-state index contributed by atoms with van der Waals surface area (Å²) in [4.78, 5) is 7.31. The molecule has 0 radical (unpaired) electrons. The third kappa shape index (κ3) is 3.16. The summed E-state index contributed by atoms with van der Waals surface area (Å²) in [5.74, 6) is 0.565. The monoisotopic (exact) mass is 384 g/mol. The second-order valence-electron chi connectivity index (χ2n) is 6.73. The minimum Gasteiger partial charge on any atom is -0.489 e. The summed E-state index contributed by atoms with van der Waals surface area (Å²) >= 11 is 0. The molecule has 3 heterocycles. The van der Waals surface area contributed by atoms with Gasteiger partial charge in [0.05, 0.1) is 12.3 Å². The topological polar surface area (TPSA) is 73.7 Å². The predicted octanol–water partition coefficient (Wildman–Crippen LogP) is 4.17. The number of aromatic amines is 1. The van der Waals surface area contributed by atoms with E-state index in [9.17, 15) is 4.39 Å². The first-order valence-corrected chi connectivity index (χ1v) is 8.92. The standard InChI is InChI=1S/C20H21FN4O3/c1-11-7-14-15(24-11)5-6-16(18(14)21)28-20-19-13(3)17(27-9-12(2)26-4)8-25(19)23-10-22-20/h5-8,10,12,24H,9H2,1-4H3. The van der Waals surface area contributed by atoms with Gasteiger partial charge < -0.3 is 19.2 Å². The first-order valence-electron chi connectivity index (χ1n) is 8.92. The van der Waals surface area contributed by atoms with Crippen molar-refractivity contribution in [1.82, 2.24) is 19.6 Å². The first-order chi connectivity index (χ1) is 13.5. The highest BCUT2D eigenvalue weighted by Gasteiger charge is 2.18. The number of nitrogens with zero attached hydrogens (tertiary/aromatic N) is 3. The molecule has 0 saturated carbocycles. The second-order valence-corrected chi connectivity index (χ2v) is 6.73. The number of rotatable bonds is 6. The number of hydrogen-bond acceptors (Lipinski definition) is 5. The van der Waals surface area contributed by atoms with Crippen molar-refractivity contribution < 1.29 is 18.6 Å². The van der Waals surface area contributed by atoms with Gasteiger partial charge in [0.1, 0.15) is 24.2 Å². The van der Waals surface area contributed by atoms with E-state index in [1.54, 1.807) is 36.0 Å². The van der Waals surface area contributed by atoms with E-state index in [2.05, 4.69) is 15.1 Å². The molecule has 0 aliphatic rings. The van der Waals surface area contributed by atoms with Gasteiger partial charge in [-0.05, 0) is 39.0 Å². The van der Waals surface area contributed by atoms with Crippen LogP contribution in [0, 0.1) is 19.7 Å². The van der Waals surface area contributed by atoms with Crippen LogP contribution in [0.2, 0.25) is 0 Å². The van der Waals surface area contributed by atoms with Crippen molar-refractivity contribution in [2.24, 2.45) is 0 Å². The summed E-state index contributed by atoms with van der Waals surface area (Å²) in [7, 11) is 1.63. The molecule has 0 saturated heterocycles. The van der Waals surface area contributed by atoms with E-state index < -0.39 is 5.82 Å². The van der Waals surface area contributed by atoms with Crippen molar-refractivity contribution in [2.75, 3.05) is 13.7 Å². The molecule has 0 spiro atoms. The van der Waals surface area contributed by atoms with Crippen molar-refractivity contribution >= 4 is 16.4 Å². The Morgan fingerprint density at radius 2 is 2.07 bits per heavy atom. The molecule has 8 heteroatoms. The van der Waals surface area contributed by atoms with Crippen molar-refractivity contribution in [2.45, 2.75) is 26.9 Å². The lowest BCUT2D eigenvalue weighted by molar-refractivity contribution is 0.0715. The van der Waals surface area contributed by atoms with Crippen molar-refractivity contribution in [3.63, 3.8) is 0 Å². The van der Waals surface area contributed by atoms with E-state index in [0.717, 1.165) is 16.8 Å². The van der Waals surface area contributed by atoms with Crippen molar-refractivity contribution in [3.05, 3.63) is 47.8 Å². The van der Waals surface area contributed by atoms with E-state index in [1.807, 2.05) is 20.8 Å². The Morgan fingerprint density at radius 3 is 2.86 bits per heavy atom. The lowest BCUT2D eigenvalue weighted by atomic mass is 10.2. The summed E-state index contributed by atoms with van der Waals surface area (Å²) in [6, 6.07) is 5.12. The number of ether oxygens (including phenoxy) is 3. The minimum atomic E-state index is -0.437. The molecular weight excluding hydrogens is 363 g/mol. The van der Waals surface area contributed by atoms with Crippen LogP contribution in [0.15, 0.2) is 30.7 Å². The Hall–Kier alpha value is -3.13. The quantitative estimate of drug-likeness (QED) is 0.540. The number of fused-ring (bicyclic) bond motifs is 2. The van der Waals surface area contributed by atoms with Crippen molar-refractivity contribution in [1.29, 1.82) is 0 Å². The lowest BCUT2D eigenvalue weighted by Crippen LogP contribution is -2.15. The Labute approximate surface area is 161 Å². The van der Waals surface area contributed by atoms with Crippen molar-refractivity contribution in [3.8, 4) is 17.4 Å². The number of hydrogen-bond donors (Lipinski definition) is 1. The fourth-order valence-corrected chi connectivity index (χ4v) is 3.07. The van der Waals surface area contributed by atoms with Crippen LogP contribution in [0.1, 0.15) is 18.2 Å². The Kier molecular flexibility index (Phi) is 4.64. The lowest BCUT2D eigenvalue weighted by Gasteiger charge is -2.10. The van der Waals surface area contributed by atoms with Crippen LogP contribution in [0.25, 0.3) is 16.4 Å². The molecule has 146 valence electrons. The molecule has 0 bridgehead atoms. The number of nitrogens with one attached hydrogen (secondary N) is 1. The zero-order valence-electron chi connectivity index (χ0n) is 16.1. The Bertz CT molecular complexity index is 1150. The third-order valence-electron chi connectivity index (χ3n) is 4.67. The highest BCUT2D eigenvalue weighted by molar-refractivity contribution is 5.83. The zero-order valence-corrected chi connectivity index (χ0v) is 16.1. The van der Waals surface area contributed by atoms with Gasteiger partial charge in [0.2, 0.25) is 5.88 Å². The largest absolute Gasteiger partial charge is 0.489 e. The van der Waals surface area contributed by atoms with Crippen LogP contribution in [0.3, 0.4) is 0 Å². The highest BCUT2D eigenvalue weighted by atomic mass is 19.1. The fourth-order valence-electron chi connectivity index (χ4n) is 3.07. The molecule has 0 aliphatic carbocycles. The van der Waals surface area contributed by atoms with Crippen LogP contribution >= 0.6 is 0 Å². The molecule has 1 aromatic carbocycles. The van der Waals surface area contributed by atoms with Gasteiger partial charge in [-0.15, -0.1) is 0 Å².